The Bertz CT molecular complexity index is 1360. The summed E-state index contributed by atoms with van der Waals surface area (Å²) >= 11 is 5.93. The molecule has 0 amide bonds. The number of rotatable bonds is 5. The van der Waals surface area contributed by atoms with E-state index in [2.05, 4.69) is 15.6 Å². The van der Waals surface area contributed by atoms with Crippen LogP contribution in [0.2, 0.25) is 5.02 Å². The maximum absolute atomic E-state index is 13.0. The fraction of sp³-hybridized carbons (Fsp3) is 0.176. The maximum Gasteiger partial charge on any atom is 0.247 e. The molecule has 0 unspecified atom stereocenters. The summed E-state index contributed by atoms with van der Waals surface area (Å²) in [4.78, 5) is -0.740. The van der Waals surface area contributed by atoms with Crippen molar-refractivity contribution in [2.75, 3.05) is 12.0 Å². The molecule has 0 saturated carbocycles. The molecule has 31 heavy (non-hydrogen) atoms. The van der Waals surface area contributed by atoms with Gasteiger partial charge in [0.1, 0.15) is 15.6 Å². The van der Waals surface area contributed by atoms with E-state index < -0.39 is 24.9 Å². The third-order valence-corrected chi connectivity index (χ3v) is 7.79. The van der Waals surface area contributed by atoms with Crippen LogP contribution in [0.3, 0.4) is 0 Å². The number of halogens is 2. The molecule has 2 heterocycles. The van der Waals surface area contributed by atoms with E-state index >= 15 is 0 Å². The lowest BCUT2D eigenvalue weighted by Gasteiger charge is -2.29. The van der Waals surface area contributed by atoms with Crippen molar-refractivity contribution in [2.24, 2.45) is 5.14 Å². The number of benzene rings is 2. The molecule has 1 aliphatic rings. The Morgan fingerprint density at radius 1 is 1.19 bits per heavy atom. The molecule has 0 bridgehead atoms. The van der Waals surface area contributed by atoms with E-state index in [-0.39, 0.29) is 34.6 Å². The summed E-state index contributed by atoms with van der Waals surface area (Å²) in [6.45, 7) is 0.147. The fourth-order valence-corrected chi connectivity index (χ4v) is 5.75. The van der Waals surface area contributed by atoms with Gasteiger partial charge >= 0.3 is 0 Å². The third-order valence-electron chi connectivity index (χ3n) is 4.59. The van der Waals surface area contributed by atoms with Crippen LogP contribution in [0.15, 0.2) is 52.4 Å². The second-order valence-corrected chi connectivity index (χ2v) is 10.7. The Morgan fingerprint density at radius 3 is 2.58 bits per heavy atom. The van der Waals surface area contributed by atoms with Crippen LogP contribution in [0.5, 0.6) is 0 Å². The molecule has 4 rings (SSSR count). The minimum Gasteiger partial charge on any atom is -0.370 e. The molecule has 0 spiro atoms. The predicted molar refractivity (Wildman–Crippen MR) is 110 cm³/mol. The Labute approximate surface area is 182 Å². The Morgan fingerprint density at radius 2 is 1.90 bits per heavy atom. The van der Waals surface area contributed by atoms with Crippen LogP contribution in [0.4, 0.5) is 10.1 Å². The van der Waals surface area contributed by atoms with Crippen molar-refractivity contribution < 1.29 is 21.2 Å². The molecule has 0 atom stereocenters. The van der Waals surface area contributed by atoms with Crippen LogP contribution in [0.1, 0.15) is 11.3 Å². The molecule has 0 saturated heterocycles. The van der Waals surface area contributed by atoms with Crippen molar-refractivity contribution in [3.8, 4) is 0 Å². The van der Waals surface area contributed by atoms with Crippen molar-refractivity contribution in [3.63, 3.8) is 0 Å². The minimum absolute atomic E-state index is 0.0782. The molecule has 0 radical (unpaired) electrons. The molecule has 10 nitrogen and oxygen atoms in total. The van der Waals surface area contributed by atoms with Crippen molar-refractivity contribution >= 4 is 37.3 Å². The lowest BCUT2D eigenvalue weighted by atomic mass is 10.2. The number of hydrogen-bond acceptors (Lipinski definition) is 7. The molecule has 164 valence electrons. The zero-order valence-electron chi connectivity index (χ0n) is 15.7. The van der Waals surface area contributed by atoms with Crippen LogP contribution in [-0.4, -0.2) is 42.8 Å². The summed E-state index contributed by atoms with van der Waals surface area (Å²) in [5.41, 5.74) is 1.34. The number of primary sulfonamides is 1. The van der Waals surface area contributed by atoms with Crippen LogP contribution in [0, 0.1) is 5.82 Å². The standard InChI is InChI=1S/C17H16ClFN6O4S2/c18-14-5-15-17(6-16(14)30(20,26)27)31(28,29)25(10-21-15)9-13-8-24(23-22-13)7-11-1-3-12(19)4-2-11/h1-6,8,21H,7,9-10H2,(H2,20,26,27). The molecule has 3 aromatic rings. The van der Waals surface area contributed by atoms with Gasteiger partial charge in [0, 0.05) is 0 Å². The number of aromatic nitrogens is 3. The first kappa shape index (κ1) is 21.6. The first-order valence-corrected chi connectivity index (χ1v) is 12.1. The Kier molecular flexibility index (Phi) is 5.47. The average Bonchev–Trinajstić information content (AvgIpc) is 3.11. The number of hydrogen-bond donors (Lipinski definition) is 2. The monoisotopic (exact) mass is 486 g/mol. The minimum atomic E-state index is -4.21. The predicted octanol–water partition coefficient (Wildman–Crippen LogP) is 1.34. The molecule has 0 fully saturated rings. The summed E-state index contributed by atoms with van der Waals surface area (Å²) in [7, 11) is -8.28. The van der Waals surface area contributed by atoms with Crippen molar-refractivity contribution in [1.82, 2.24) is 19.3 Å². The molecule has 2 aromatic carbocycles. The van der Waals surface area contributed by atoms with Gasteiger partial charge in [0.2, 0.25) is 20.0 Å². The zero-order chi connectivity index (χ0) is 22.4. The SMILES string of the molecule is NS(=O)(=O)c1cc2c(cc1Cl)NCN(Cc1cn(Cc3ccc(F)cc3)nn1)S2(=O)=O. The van der Waals surface area contributed by atoms with E-state index in [9.17, 15) is 21.2 Å². The second-order valence-electron chi connectivity index (χ2n) is 6.81. The Balaban J connectivity index is 1.57. The quantitative estimate of drug-likeness (QED) is 0.554. The highest BCUT2D eigenvalue weighted by Gasteiger charge is 2.34. The highest BCUT2D eigenvalue weighted by molar-refractivity contribution is 7.90. The molecule has 0 aliphatic carbocycles. The number of anilines is 1. The first-order chi connectivity index (χ1) is 14.5. The topological polar surface area (TPSA) is 140 Å². The highest BCUT2D eigenvalue weighted by atomic mass is 35.5. The number of nitrogens with one attached hydrogen (secondary N) is 1. The van der Waals surface area contributed by atoms with E-state index in [0.717, 1.165) is 15.9 Å². The molecule has 1 aromatic heterocycles. The van der Waals surface area contributed by atoms with Gasteiger partial charge in [-0.25, -0.2) is 31.0 Å². The van der Waals surface area contributed by atoms with E-state index in [0.29, 0.717) is 12.2 Å². The summed E-state index contributed by atoms with van der Waals surface area (Å²) in [5.74, 6) is -0.349. The summed E-state index contributed by atoms with van der Waals surface area (Å²) in [6.07, 6.45) is 1.58. The highest BCUT2D eigenvalue weighted by Crippen LogP contribution is 2.35. The van der Waals surface area contributed by atoms with Crippen LogP contribution >= 0.6 is 11.6 Å². The number of nitrogens with two attached hydrogens (primary N) is 1. The van der Waals surface area contributed by atoms with Gasteiger partial charge in [0.25, 0.3) is 0 Å². The van der Waals surface area contributed by atoms with Gasteiger partial charge in [-0.3, -0.25) is 0 Å². The molecular formula is C17H16ClFN6O4S2. The van der Waals surface area contributed by atoms with Gasteiger partial charge in [0.15, 0.2) is 0 Å². The van der Waals surface area contributed by atoms with Gasteiger partial charge in [-0.05, 0) is 29.8 Å². The molecule has 1 aliphatic heterocycles. The van der Waals surface area contributed by atoms with Gasteiger partial charge in [-0.2, -0.15) is 4.31 Å². The number of fused-ring (bicyclic) bond motifs is 1. The smallest absolute Gasteiger partial charge is 0.247 e. The van der Waals surface area contributed by atoms with Crippen molar-refractivity contribution in [2.45, 2.75) is 22.9 Å². The lowest BCUT2D eigenvalue weighted by molar-refractivity contribution is 0.416. The molecule has 14 heteroatoms. The van der Waals surface area contributed by atoms with Gasteiger partial charge in [-0.1, -0.05) is 28.9 Å². The first-order valence-electron chi connectivity index (χ1n) is 8.78. The normalized spacial score (nSPS) is 16.0. The van der Waals surface area contributed by atoms with Crippen LogP contribution in [-0.2, 0) is 33.1 Å². The maximum atomic E-state index is 13.0. The van der Waals surface area contributed by atoms with E-state index in [1.165, 1.54) is 22.9 Å². The third kappa shape index (κ3) is 4.41. The molecular weight excluding hydrogens is 471 g/mol. The second kappa shape index (κ2) is 7.84. The fourth-order valence-electron chi connectivity index (χ4n) is 3.09. The summed E-state index contributed by atoms with van der Waals surface area (Å²) < 4.78 is 65.1. The van der Waals surface area contributed by atoms with Gasteiger partial charge in [0.05, 0.1) is 42.4 Å². The molecule has 3 N–H and O–H groups in total. The largest absolute Gasteiger partial charge is 0.370 e. The number of nitrogens with zero attached hydrogens (tertiary/aromatic N) is 4. The van der Waals surface area contributed by atoms with Crippen LogP contribution in [0.25, 0.3) is 0 Å². The van der Waals surface area contributed by atoms with Gasteiger partial charge < -0.3 is 5.32 Å². The average molecular weight is 487 g/mol. The Hall–Kier alpha value is -2.58. The number of sulfonamides is 2. The zero-order valence-corrected chi connectivity index (χ0v) is 18.1. The van der Waals surface area contributed by atoms with Crippen molar-refractivity contribution in [1.29, 1.82) is 0 Å². The van der Waals surface area contributed by atoms with E-state index in [1.807, 2.05) is 0 Å². The van der Waals surface area contributed by atoms with E-state index in [1.54, 1.807) is 18.3 Å². The van der Waals surface area contributed by atoms with Crippen LogP contribution < -0.4 is 10.5 Å². The van der Waals surface area contributed by atoms with Crippen molar-refractivity contribution in [3.05, 3.63) is 64.7 Å². The summed E-state index contributed by atoms with van der Waals surface area (Å²) in [6, 6.07) is 8.04. The van der Waals surface area contributed by atoms with Gasteiger partial charge in [-0.15, -0.1) is 5.10 Å². The lowest BCUT2D eigenvalue weighted by Crippen LogP contribution is -2.39. The van der Waals surface area contributed by atoms with E-state index in [4.69, 9.17) is 16.7 Å². The summed E-state index contributed by atoms with van der Waals surface area (Å²) in [5, 5.41) is 15.8.